The van der Waals surface area contributed by atoms with E-state index >= 15 is 0 Å². The Hall–Kier alpha value is -3.13. The molecule has 0 spiro atoms. The summed E-state index contributed by atoms with van der Waals surface area (Å²) in [6, 6.07) is 7.18. The lowest BCUT2D eigenvalue weighted by Gasteiger charge is -2.15. The molecule has 3 aromatic rings. The highest BCUT2D eigenvalue weighted by Crippen LogP contribution is 2.38. The van der Waals surface area contributed by atoms with E-state index in [0.717, 1.165) is 47.1 Å². The minimum atomic E-state index is -0.426. The number of nitrogens with one attached hydrogen (secondary N) is 1. The van der Waals surface area contributed by atoms with E-state index in [0.29, 0.717) is 21.8 Å². The van der Waals surface area contributed by atoms with Gasteiger partial charge < -0.3 is 19.4 Å². The van der Waals surface area contributed by atoms with Crippen molar-refractivity contribution in [3.8, 4) is 5.75 Å². The summed E-state index contributed by atoms with van der Waals surface area (Å²) >= 11 is 1.45. The molecule has 0 aliphatic heterocycles. The number of methoxy groups -OCH3 is 2. The second kappa shape index (κ2) is 9.16. The number of pyridine rings is 1. The van der Waals surface area contributed by atoms with Crippen molar-refractivity contribution >= 4 is 39.1 Å². The third-order valence-corrected chi connectivity index (χ3v) is 7.10. The number of thiophene rings is 1. The van der Waals surface area contributed by atoms with Gasteiger partial charge in [0.15, 0.2) is 0 Å². The maximum Gasteiger partial charge on any atom is 0.341 e. The van der Waals surface area contributed by atoms with Gasteiger partial charge in [0.05, 0.1) is 25.3 Å². The number of esters is 1. The van der Waals surface area contributed by atoms with Crippen LogP contribution >= 0.6 is 11.3 Å². The molecule has 0 unspecified atom stereocenters. The Bertz CT molecular complexity index is 1260. The first-order chi connectivity index (χ1) is 15.4. The third kappa shape index (κ3) is 4.02. The SMILES string of the molecule is COC(=O)c1c(NC(=O)CCn2c(=O)cc(C)c3cccc(OC)c32)sc2c1CCCC2. The van der Waals surface area contributed by atoms with Crippen molar-refractivity contribution in [3.63, 3.8) is 0 Å². The van der Waals surface area contributed by atoms with Crippen LogP contribution in [0.2, 0.25) is 0 Å². The molecule has 7 nitrogen and oxygen atoms in total. The van der Waals surface area contributed by atoms with Crippen molar-refractivity contribution in [2.24, 2.45) is 0 Å². The Morgan fingerprint density at radius 3 is 2.72 bits per heavy atom. The molecule has 0 fully saturated rings. The van der Waals surface area contributed by atoms with Gasteiger partial charge in [-0.05, 0) is 49.8 Å². The van der Waals surface area contributed by atoms with Gasteiger partial charge in [0.2, 0.25) is 5.91 Å². The molecular formula is C24H26N2O5S. The van der Waals surface area contributed by atoms with Crippen LogP contribution in [0.4, 0.5) is 5.00 Å². The van der Waals surface area contributed by atoms with Crippen molar-refractivity contribution < 1.29 is 19.1 Å². The summed E-state index contributed by atoms with van der Waals surface area (Å²) in [6.07, 6.45) is 3.90. The number of aryl methyl sites for hydroxylation is 3. The van der Waals surface area contributed by atoms with Crippen molar-refractivity contribution in [3.05, 3.63) is 56.2 Å². The van der Waals surface area contributed by atoms with E-state index in [-0.39, 0.29) is 24.4 Å². The number of fused-ring (bicyclic) bond motifs is 2. The van der Waals surface area contributed by atoms with Gasteiger partial charge in [-0.25, -0.2) is 4.79 Å². The van der Waals surface area contributed by atoms with E-state index in [1.165, 1.54) is 18.4 Å². The van der Waals surface area contributed by atoms with Crippen LogP contribution < -0.4 is 15.6 Å². The lowest BCUT2D eigenvalue weighted by molar-refractivity contribution is -0.116. The van der Waals surface area contributed by atoms with Gasteiger partial charge in [0.25, 0.3) is 5.56 Å². The van der Waals surface area contributed by atoms with E-state index in [2.05, 4.69) is 5.32 Å². The molecule has 0 atom stereocenters. The first-order valence-electron chi connectivity index (χ1n) is 10.6. The highest BCUT2D eigenvalue weighted by atomic mass is 32.1. The molecule has 32 heavy (non-hydrogen) atoms. The van der Waals surface area contributed by atoms with Crippen LogP contribution in [-0.4, -0.2) is 30.7 Å². The van der Waals surface area contributed by atoms with Crippen LogP contribution in [0.5, 0.6) is 5.75 Å². The molecule has 4 rings (SSSR count). The number of anilines is 1. The highest BCUT2D eigenvalue weighted by Gasteiger charge is 2.27. The molecule has 0 saturated carbocycles. The molecule has 1 aliphatic carbocycles. The average Bonchev–Trinajstić information content (AvgIpc) is 3.15. The minimum Gasteiger partial charge on any atom is -0.495 e. The van der Waals surface area contributed by atoms with Gasteiger partial charge in [-0.2, -0.15) is 0 Å². The zero-order valence-electron chi connectivity index (χ0n) is 18.4. The summed E-state index contributed by atoms with van der Waals surface area (Å²) in [7, 11) is 2.91. The second-order valence-corrected chi connectivity index (χ2v) is 8.98. The van der Waals surface area contributed by atoms with Gasteiger partial charge in [0, 0.05) is 29.3 Å². The lowest BCUT2D eigenvalue weighted by atomic mass is 9.95. The topological polar surface area (TPSA) is 86.6 Å². The second-order valence-electron chi connectivity index (χ2n) is 7.88. The van der Waals surface area contributed by atoms with Crippen LogP contribution in [0, 0.1) is 6.92 Å². The number of hydrogen-bond acceptors (Lipinski definition) is 6. The van der Waals surface area contributed by atoms with Crippen LogP contribution in [0.1, 0.15) is 45.6 Å². The number of amides is 1. The molecule has 0 bridgehead atoms. The van der Waals surface area contributed by atoms with Gasteiger partial charge >= 0.3 is 5.97 Å². The fourth-order valence-electron chi connectivity index (χ4n) is 4.33. The summed E-state index contributed by atoms with van der Waals surface area (Å²) in [5.41, 5.74) is 2.81. The van der Waals surface area contributed by atoms with Crippen molar-refractivity contribution in [2.45, 2.75) is 45.6 Å². The maximum atomic E-state index is 12.8. The summed E-state index contributed by atoms with van der Waals surface area (Å²) in [5, 5.41) is 4.33. The summed E-state index contributed by atoms with van der Waals surface area (Å²) in [6.45, 7) is 2.08. The number of rotatable bonds is 6. The van der Waals surface area contributed by atoms with E-state index in [1.54, 1.807) is 23.8 Å². The molecule has 0 saturated heterocycles. The molecule has 1 N–H and O–H groups in total. The van der Waals surface area contributed by atoms with Gasteiger partial charge in [-0.3, -0.25) is 9.59 Å². The zero-order valence-corrected chi connectivity index (χ0v) is 19.3. The molecule has 1 aromatic carbocycles. The number of nitrogens with zero attached hydrogens (tertiary/aromatic N) is 1. The molecule has 2 heterocycles. The Morgan fingerprint density at radius 2 is 1.97 bits per heavy atom. The molecule has 1 amide bonds. The standard InChI is InChI=1S/C24H26N2O5S/c1-14-13-20(28)26(22-15(14)8-6-9-17(22)30-2)12-11-19(27)25-23-21(24(29)31-3)16-7-4-5-10-18(16)32-23/h6,8-9,13H,4-5,7,10-12H2,1-3H3,(H,25,27). The average molecular weight is 455 g/mol. The van der Waals surface area contributed by atoms with Crippen molar-refractivity contribution in [1.29, 1.82) is 0 Å². The normalized spacial score (nSPS) is 13.0. The van der Waals surface area contributed by atoms with Crippen LogP contribution in [0.3, 0.4) is 0 Å². The molecule has 0 radical (unpaired) electrons. The smallest absolute Gasteiger partial charge is 0.341 e. The van der Waals surface area contributed by atoms with E-state index in [4.69, 9.17) is 9.47 Å². The fraction of sp³-hybridized carbons (Fsp3) is 0.375. The van der Waals surface area contributed by atoms with Crippen LogP contribution in [0.15, 0.2) is 29.1 Å². The monoisotopic (exact) mass is 454 g/mol. The highest BCUT2D eigenvalue weighted by molar-refractivity contribution is 7.17. The number of benzene rings is 1. The Kier molecular flexibility index (Phi) is 6.32. The lowest BCUT2D eigenvalue weighted by Crippen LogP contribution is -2.24. The quantitative estimate of drug-likeness (QED) is 0.568. The fourth-order valence-corrected chi connectivity index (χ4v) is 5.62. The first-order valence-corrected chi connectivity index (χ1v) is 11.5. The first kappa shape index (κ1) is 22.1. The van der Waals surface area contributed by atoms with Crippen LogP contribution in [-0.2, 0) is 28.9 Å². The molecule has 2 aromatic heterocycles. The number of para-hydroxylation sites is 1. The number of carbonyl (C=O) groups is 2. The van der Waals surface area contributed by atoms with Crippen molar-refractivity contribution in [2.75, 3.05) is 19.5 Å². The number of hydrogen-bond donors (Lipinski definition) is 1. The molecule has 8 heteroatoms. The number of aromatic nitrogens is 1. The summed E-state index contributed by atoms with van der Waals surface area (Å²) in [4.78, 5) is 39.1. The third-order valence-electron chi connectivity index (χ3n) is 5.90. The van der Waals surface area contributed by atoms with Crippen LogP contribution in [0.25, 0.3) is 10.9 Å². The predicted octanol–water partition coefficient (Wildman–Crippen LogP) is 4.07. The Balaban J connectivity index is 1.60. The van der Waals surface area contributed by atoms with Gasteiger partial charge in [0.1, 0.15) is 10.8 Å². The van der Waals surface area contributed by atoms with E-state index in [9.17, 15) is 14.4 Å². The summed E-state index contributed by atoms with van der Waals surface area (Å²) in [5.74, 6) is -0.0999. The van der Waals surface area contributed by atoms with Gasteiger partial charge in [-0.15, -0.1) is 11.3 Å². The largest absolute Gasteiger partial charge is 0.495 e. The molecule has 168 valence electrons. The summed E-state index contributed by atoms with van der Waals surface area (Å²) < 4.78 is 12.0. The zero-order chi connectivity index (χ0) is 22.8. The minimum absolute atomic E-state index is 0.0826. The Labute approximate surface area is 190 Å². The van der Waals surface area contributed by atoms with Crippen molar-refractivity contribution in [1.82, 2.24) is 4.57 Å². The maximum absolute atomic E-state index is 12.8. The molecule has 1 aliphatic rings. The predicted molar refractivity (Wildman–Crippen MR) is 125 cm³/mol. The number of ether oxygens (including phenoxy) is 2. The number of carbonyl (C=O) groups excluding carboxylic acids is 2. The Morgan fingerprint density at radius 1 is 1.19 bits per heavy atom. The van der Waals surface area contributed by atoms with E-state index < -0.39 is 5.97 Å². The molecular weight excluding hydrogens is 428 g/mol. The van der Waals surface area contributed by atoms with E-state index in [1.807, 2.05) is 19.1 Å². The van der Waals surface area contributed by atoms with Gasteiger partial charge in [-0.1, -0.05) is 12.1 Å².